The molecular formula is C16H26F2OSi2. The van der Waals surface area contributed by atoms with Crippen molar-refractivity contribution in [3.63, 3.8) is 0 Å². The minimum absolute atomic E-state index is 0.00841. The highest BCUT2D eigenvalue weighted by Crippen LogP contribution is 2.31. The summed E-state index contributed by atoms with van der Waals surface area (Å²) in [5.74, 6) is 0. The quantitative estimate of drug-likeness (QED) is 0.489. The van der Waals surface area contributed by atoms with Crippen molar-refractivity contribution in [2.75, 3.05) is 0 Å². The van der Waals surface area contributed by atoms with Gasteiger partial charge in [-0.1, -0.05) is 69.4 Å². The van der Waals surface area contributed by atoms with E-state index in [2.05, 4.69) is 20.8 Å². The van der Waals surface area contributed by atoms with E-state index in [1.807, 2.05) is 43.4 Å². The third-order valence-electron chi connectivity index (χ3n) is 4.49. The SMILES string of the molecule is CC[Si](CC)(CC)OC(=C(F)F)[Si](C)(C)c1ccccc1. The molecule has 0 aromatic heterocycles. The van der Waals surface area contributed by atoms with Crippen LogP contribution in [0.5, 0.6) is 0 Å². The van der Waals surface area contributed by atoms with Crippen molar-refractivity contribution in [1.82, 2.24) is 0 Å². The second kappa shape index (κ2) is 7.36. The summed E-state index contributed by atoms with van der Waals surface area (Å²) in [4.78, 5) is 0. The van der Waals surface area contributed by atoms with E-state index in [4.69, 9.17) is 4.43 Å². The van der Waals surface area contributed by atoms with Gasteiger partial charge in [-0.3, -0.25) is 0 Å². The Morgan fingerprint density at radius 3 is 1.81 bits per heavy atom. The Kier molecular flexibility index (Phi) is 6.34. The predicted octanol–water partition coefficient (Wildman–Crippen LogP) is 5.27. The number of hydrogen-bond acceptors (Lipinski definition) is 1. The molecule has 1 aromatic rings. The lowest BCUT2D eigenvalue weighted by molar-refractivity contribution is 0.340. The first-order chi connectivity index (χ1) is 9.83. The van der Waals surface area contributed by atoms with Crippen LogP contribution in [-0.4, -0.2) is 16.4 Å². The summed E-state index contributed by atoms with van der Waals surface area (Å²) in [6.07, 6.45) is -1.64. The van der Waals surface area contributed by atoms with Crippen LogP contribution in [0.2, 0.25) is 31.2 Å². The summed E-state index contributed by atoms with van der Waals surface area (Å²) >= 11 is 0. The highest BCUT2D eigenvalue weighted by Gasteiger charge is 2.40. The van der Waals surface area contributed by atoms with Crippen molar-refractivity contribution in [2.24, 2.45) is 0 Å². The Hall–Kier alpha value is -0.946. The van der Waals surface area contributed by atoms with Crippen LogP contribution in [0.15, 0.2) is 41.8 Å². The first-order valence-corrected chi connectivity index (χ1v) is 13.2. The van der Waals surface area contributed by atoms with Gasteiger partial charge in [0.05, 0.1) is 0 Å². The van der Waals surface area contributed by atoms with E-state index in [0.717, 1.165) is 23.3 Å². The van der Waals surface area contributed by atoms with E-state index in [9.17, 15) is 8.78 Å². The number of rotatable bonds is 7. The summed E-state index contributed by atoms with van der Waals surface area (Å²) in [6.45, 7) is 10.1. The average molecular weight is 329 g/mol. The van der Waals surface area contributed by atoms with E-state index < -0.39 is 22.5 Å². The molecule has 21 heavy (non-hydrogen) atoms. The summed E-state index contributed by atoms with van der Waals surface area (Å²) in [7, 11) is -4.58. The smallest absolute Gasteiger partial charge is 0.301 e. The van der Waals surface area contributed by atoms with Gasteiger partial charge in [0.1, 0.15) is 5.38 Å². The molecule has 0 radical (unpaired) electrons. The molecule has 118 valence electrons. The van der Waals surface area contributed by atoms with Crippen LogP contribution in [0.25, 0.3) is 0 Å². The van der Waals surface area contributed by atoms with Crippen molar-refractivity contribution >= 4 is 21.6 Å². The average Bonchev–Trinajstić information content (AvgIpc) is 2.49. The molecular weight excluding hydrogens is 302 g/mol. The zero-order valence-electron chi connectivity index (χ0n) is 13.7. The molecule has 0 bridgehead atoms. The van der Waals surface area contributed by atoms with E-state index >= 15 is 0 Å². The predicted molar refractivity (Wildman–Crippen MR) is 91.1 cm³/mol. The first kappa shape index (κ1) is 18.1. The number of benzene rings is 1. The summed E-state index contributed by atoms with van der Waals surface area (Å²) in [5.41, 5.74) is 0. The Labute approximate surface area is 129 Å². The second-order valence-electron chi connectivity index (χ2n) is 5.93. The molecule has 0 heterocycles. The Morgan fingerprint density at radius 2 is 1.43 bits per heavy atom. The fourth-order valence-electron chi connectivity index (χ4n) is 2.57. The molecule has 0 atom stereocenters. The van der Waals surface area contributed by atoms with Gasteiger partial charge in [0, 0.05) is 0 Å². The minimum Gasteiger partial charge on any atom is -0.546 e. The highest BCUT2D eigenvalue weighted by atomic mass is 28.4. The lowest BCUT2D eigenvalue weighted by Crippen LogP contribution is -2.49. The molecule has 0 aliphatic heterocycles. The fourth-order valence-corrected chi connectivity index (χ4v) is 8.45. The van der Waals surface area contributed by atoms with Crippen LogP contribution < -0.4 is 5.19 Å². The third kappa shape index (κ3) is 4.04. The normalized spacial score (nSPS) is 12.1. The monoisotopic (exact) mass is 328 g/mol. The standard InChI is InChI=1S/C16H26F2OSi2/c1-6-21(7-2,8-3)19-16(15(17)18)20(4,5)14-12-10-9-11-13-14/h9-13H,6-8H2,1-5H3. The summed E-state index contributed by atoms with van der Waals surface area (Å²) in [6, 6.07) is 12.2. The Balaban J connectivity index is 3.23. The van der Waals surface area contributed by atoms with Crippen LogP contribution in [0.3, 0.4) is 0 Å². The lowest BCUT2D eigenvalue weighted by Gasteiger charge is -2.35. The van der Waals surface area contributed by atoms with E-state index in [1.165, 1.54) is 0 Å². The Morgan fingerprint density at radius 1 is 0.952 bits per heavy atom. The molecule has 0 spiro atoms. The van der Waals surface area contributed by atoms with Crippen molar-refractivity contribution in [1.29, 1.82) is 0 Å². The van der Waals surface area contributed by atoms with Crippen molar-refractivity contribution in [2.45, 2.75) is 52.0 Å². The molecule has 1 rings (SSSR count). The van der Waals surface area contributed by atoms with Crippen molar-refractivity contribution in [3.8, 4) is 0 Å². The molecule has 0 unspecified atom stereocenters. The molecule has 0 fully saturated rings. The molecule has 0 aliphatic carbocycles. The zero-order chi connectivity index (χ0) is 16.1. The van der Waals surface area contributed by atoms with Crippen LogP contribution >= 0.6 is 0 Å². The fraction of sp³-hybridized carbons (Fsp3) is 0.500. The molecule has 0 saturated carbocycles. The molecule has 0 N–H and O–H groups in total. The molecule has 0 amide bonds. The van der Waals surface area contributed by atoms with Crippen molar-refractivity contribution in [3.05, 3.63) is 41.8 Å². The molecule has 1 aromatic carbocycles. The maximum Gasteiger partial charge on any atom is 0.301 e. The summed E-state index contributed by atoms with van der Waals surface area (Å²) in [5, 5.41) is 0.977. The van der Waals surface area contributed by atoms with Crippen LogP contribution in [0, 0.1) is 0 Å². The highest BCUT2D eigenvalue weighted by molar-refractivity contribution is 6.96. The van der Waals surface area contributed by atoms with Crippen LogP contribution in [0.4, 0.5) is 8.78 Å². The largest absolute Gasteiger partial charge is 0.546 e. The van der Waals surface area contributed by atoms with Gasteiger partial charge in [0.15, 0.2) is 8.07 Å². The van der Waals surface area contributed by atoms with Gasteiger partial charge in [0.25, 0.3) is 0 Å². The van der Waals surface area contributed by atoms with Crippen LogP contribution in [-0.2, 0) is 4.43 Å². The van der Waals surface area contributed by atoms with Gasteiger partial charge in [-0.2, -0.15) is 8.78 Å². The third-order valence-corrected chi connectivity index (χ3v) is 12.4. The van der Waals surface area contributed by atoms with Crippen LogP contribution in [0.1, 0.15) is 20.8 Å². The van der Waals surface area contributed by atoms with Gasteiger partial charge in [-0.15, -0.1) is 0 Å². The first-order valence-electron chi connectivity index (χ1n) is 7.63. The van der Waals surface area contributed by atoms with Gasteiger partial charge in [-0.05, 0) is 18.1 Å². The van der Waals surface area contributed by atoms with Gasteiger partial charge in [-0.25, -0.2) is 0 Å². The van der Waals surface area contributed by atoms with Crippen molar-refractivity contribution < 1.29 is 13.2 Å². The van der Waals surface area contributed by atoms with E-state index in [1.54, 1.807) is 0 Å². The molecule has 1 nitrogen and oxygen atoms in total. The topological polar surface area (TPSA) is 9.23 Å². The number of hydrogen-bond donors (Lipinski definition) is 0. The maximum absolute atomic E-state index is 13.6. The Bertz CT molecular complexity index is 470. The molecule has 5 heteroatoms. The molecule has 0 saturated heterocycles. The zero-order valence-corrected chi connectivity index (χ0v) is 15.7. The minimum atomic E-state index is -2.49. The maximum atomic E-state index is 13.6. The van der Waals surface area contributed by atoms with E-state index in [-0.39, 0.29) is 5.38 Å². The van der Waals surface area contributed by atoms with Gasteiger partial charge in [0.2, 0.25) is 8.32 Å². The second-order valence-corrected chi connectivity index (χ2v) is 14.9. The van der Waals surface area contributed by atoms with Gasteiger partial charge >= 0.3 is 6.08 Å². The number of halogens is 2. The molecule has 0 aliphatic rings. The summed E-state index contributed by atoms with van der Waals surface area (Å²) < 4.78 is 33.4. The van der Waals surface area contributed by atoms with Gasteiger partial charge < -0.3 is 4.43 Å². The van der Waals surface area contributed by atoms with E-state index in [0.29, 0.717) is 0 Å². The lowest BCUT2D eigenvalue weighted by atomic mass is 10.4.